The molecule has 7 nitrogen and oxygen atoms in total. The minimum absolute atomic E-state index is 0.00287. The number of aromatic nitrogens is 2. The molecule has 98 valence electrons. The number of benzene rings is 1. The zero-order chi connectivity index (χ0) is 14.0. The molecule has 19 heavy (non-hydrogen) atoms. The second-order valence-corrected chi connectivity index (χ2v) is 3.73. The van der Waals surface area contributed by atoms with E-state index in [1.165, 1.54) is 30.1 Å². The summed E-state index contributed by atoms with van der Waals surface area (Å²) in [7, 11) is 1.53. The van der Waals surface area contributed by atoms with Crippen LogP contribution in [0.4, 0.5) is 27.4 Å². The van der Waals surface area contributed by atoms with E-state index in [0.717, 1.165) is 6.33 Å². The second kappa shape index (κ2) is 4.84. The highest BCUT2D eigenvalue weighted by molar-refractivity contribution is 5.73. The highest BCUT2D eigenvalue weighted by atomic mass is 19.1. The molecular weight excluding hydrogens is 253 g/mol. The maximum Gasteiger partial charge on any atom is 0.353 e. The van der Waals surface area contributed by atoms with Crippen molar-refractivity contribution in [2.75, 3.05) is 17.7 Å². The number of hydrogen-bond acceptors (Lipinski definition) is 6. The van der Waals surface area contributed by atoms with Gasteiger partial charge in [0.25, 0.3) is 0 Å². The van der Waals surface area contributed by atoms with Crippen LogP contribution in [-0.2, 0) is 0 Å². The lowest BCUT2D eigenvalue weighted by molar-refractivity contribution is -0.383. The Balaban J connectivity index is 2.53. The molecule has 2 N–H and O–H groups in total. The van der Waals surface area contributed by atoms with E-state index in [1.807, 2.05) is 0 Å². The van der Waals surface area contributed by atoms with Gasteiger partial charge < -0.3 is 10.6 Å². The van der Waals surface area contributed by atoms with Gasteiger partial charge in [0.05, 0.1) is 4.92 Å². The third kappa shape index (κ3) is 2.41. The average Bonchev–Trinajstić information content (AvgIpc) is 2.37. The van der Waals surface area contributed by atoms with Crippen molar-refractivity contribution in [2.24, 2.45) is 0 Å². The van der Waals surface area contributed by atoms with Gasteiger partial charge >= 0.3 is 5.69 Å². The van der Waals surface area contributed by atoms with Crippen LogP contribution >= 0.6 is 0 Å². The minimum Gasteiger partial charge on any atom is -0.378 e. The summed E-state index contributed by atoms with van der Waals surface area (Å²) in [5.74, 6) is -0.685. The number of hydrogen-bond donors (Lipinski definition) is 1. The van der Waals surface area contributed by atoms with E-state index >= 15 is 0 Å². The Morgan fingerprint density at radius 2 is 2.16 bits per heavy atom. The van der Waals surface area contributed by atoms with Crippen LogP contribution in [0.2, 0.25) is 0 Å². The van der Waals surface area contributed by atoms with Gasteiger partial charge in [-0.3, -0.25) is 10.1 Å². The molecule has 1 aromatic heterocycles. The molecule has 0 aliphatic carbocycles. The monoisotopic (exact) mass is 263 g/mol. The van der Waals surface area contributed by atoms with E-state index in [0.29, 0.717) is 5.69 Å². The van der Waals surface area contributed by atoms with Crippen LogP contribution in [0.5, 0.6) is 0 Å². The molecule has 0 unspecified atom stereocenters. The molecular formula is C11H10FN5O2. The van der Waals surface area contributed by atoms with E-state index in [2.05, 4.69) is 9.97 Å². The zero-order valence-electron chi connectivity index (χ0n) is 9.95. The first kappa shape index (κ1) is 12.7. The molecule has 1 heterocycles. The maximum absolute atomic E-state index is 13.2. The highest BCUT2D eigenvalue weighted by Gasteiger charge is 2.24. The summed E-state index contributed by atoms with van der Waals surface area (Å²) in [6.45, 7) is 0. The lowest BCUT2D eigenvalue weighted by Crippen LogP contribution is -2.15. The van der Waals surface area contributed by atoms with E-state index in [9.17, 15) is 14.5 Å². The van der Waals surface area contributed by atoms with Gasteiger partial charge in [-0.2, -0.15) is 0 Å². The van der Waals surface area contributed by atoms with Crippen molar-refractivity contribution < 1.29 is 9.31 Å². The first-order chi connectivity index (χ1) is 9.00. The third-order valence-corrected chi connectivity index (χ3v) is 2.53. The lowest BCUT2D eigenvalue weighted by Gasteiger charge is -2.18. The Morgan fingerprint density at radius 3 is 2.79 bits per heavy atom. The van der Waals surface area contributed by atoms with E-state index < -0.39 is 16.4 Å². The zero-order valence-corrected chi connectivity index (χ0v) is 9.95. The van der Waals surface area contributed by atoms with Gasteiger partial charge in [0.2, 0.25) is 11.6 Å². The summed E-state index contributed by atoms with van der Waals surface area (Å²) in [6, 6.07) is 5.62. The van der Waals surface area contributed by atoms with Crippen molar-refractivity contribution in [3.63, 3.8) is 0 Å². The molecule has 8 heteroatoms. The number of halogens is 1. The Labute approximate surface area is 107 Å². The molecule has 0 aliphatic rings. The van der Waals surface area contributed by atoms with Crippen molar-refractivity contribution in [3.8, 4) is 0 Å². The summed E-state index contributed by atoms with van der Waals surface area (Å²) in [4.78, 5) is 19.1. The molecule has 0 saturated heterocycles. The topological polar surface area (TPSA) is 98.2 Å². The Kier molecular flexibility index (Phi) is 3.23. The third-order valence-electron chi connectivity index (χ3n) is 2.53. The minimum atomic E-state index is -0.666. The standard InChI is InChI=1S/C11H10FN5O2/c1-16(8-4-2-3-7(12)5-8)11-9(17(18)19)10(13)14-6-15-11/h2-6H,1H3,(H2,13,14,15). The number of nitrogen functional groups attached to an aromatic ring is 1. The van der Waals surface area contributed by atoms with Gasteiger partial charge in [-0.15, -0.1) is 0 Å². The SMILES string of the molecule is CN(c1cccc(F)c1)c1ncnc(N)c1[N+](=O)[O-]. The van der Waals surface area contributed by atoms with Crippen molar-refractivity contribution in [1.82, 2.24) is 9.97 Å². The van der Waals surface area contributed by atoms with E-state index in [-0.39, 0.29) is 11.6 Å². The molecule has 0 spiro atoms. The fourth-order valence-corrected chi connectivity index (χ4v) is 1.61. The first-order valence-corrected chi connectivity index (χ1v) is 5.25. The lowest BCUT2D eigenvalue weighted by atomic mass is 10.3. The fourth-order valence-electron chi connectivity index (χ4n) is 1.61. The summed E-state index contributed by atoms with van der Waals surface area (Å²) < 4.78 is 13.2. The largest absolute Gasteiger partial charge is 0.378 e. The second-order valence-electron chi connectivity index (χ2n) is 3.73. The average molecular weight is 263 g/mol. The first-order valence-electron chi connectivity index (χ1n) is 5.25. The quantitative estimate of drug-likeness (QED) is 0.670. The van der Waals surface area contributed by atoms with Crippen molar-refractivity contribution >= 4 is 23.0 Å². The molecule has 0 bridgehead atoms. The Hall–Kier alpha value is -2.77. The molecule has 0 radical (unpaired) electrons. The number of nitrogens with two attached hydrogens (primary N) is 1. The predicted octanol–water partition coefficient (Wildman–Crippen LogP) is 1.87. The fraction of sp³-hybridized carbons (Fsp3) is 0.0909. The molecule has 0 atom stereocenters. The molecule has 2 aromatic rings. The van der Waals surface area contributed by atoms with Crippen LogP contribution in [0.15, 0.2) is 30.6 Å². The van der Waals surface area contributed by atoms with Crippen molar-refractivity contribution in [1.29, 1.82) is 0 Å². The summed E-state index contributed by atoms with van der Waals surface area (Å²) in [5, 5.41) is 11.0. The van der Waals surface area contributed by atoms with Gasteiger partial charge in [0.1, 0.15) is 12.1 Å². The van der Waals surface area contributed by atoms with Crippen LogP contribution in [0.1, 0.15) is 0 Å². The highest BCUT2D eigenvalue weighted by Crippen LogP contribution is 2.33. The number of nitrogens with zero attached hydrogens (tertiary/aromatic N) is 4. The molecule has 0 fully saturated rings. The van der Waals surface area contributed by atoms with Crippen LogP contribution in [0.25, 0.3) is 0 Å². The van der Waals surface area contributed by atoms with Gasteiger partial charge in [-0.1, -0.05) is 6.07 Å². The van der Waals surface area contributed by atoms with Gasteiger partial charge in [0, 0.05) is 12.7 Å². The molecule has 0 saturated carbocycles. The molecule has 1 aromatic carbocycles. The van der Waals surface area contributed by atoms with E-state index in [4.69, 9.17) is 5.73 Å². The van der Waals surface area contributed by atoms with Crippen LogP contribution in [0.3, 0.4) is 0 Å². The molecule has 0 amide bonds. The normalized spacial score (nSPS) is 10.2. The smallest absolute Gasteiger partial charge is 0.353 e. The van der Waals surface area contributed by atoms with Crippen LogP contribution in [-0.4, -0.2) is 21.9 Å². The summed E-state index contributed by atoms with van der Waals surface area (Å²) in [5.41, 5.74) is 5.48. The number of anilines is 3. The molecule has 0 aliphatic heterocycles. The van der Waals surface area contributed by atoms with Crippen molar-refractivity contribution in [3.05, 3.63) is 46.5 Å². The van der Waals surface area contributed by atoms with Crippen LogP contribution in [0, 0.1) is 15.9 Å². The summed E-state index contributed by atoms with van der Waals surface area (Å²) in [6.07, 6.45) is 1.12. The maximum atomic E-state index is 13.2. The summed E-state index contributed by atoms with van der Waals surface area (Å²) >= 11 is 0. The Morgan fingerprint density at radius 1 is 1.42 bits per heavy atom. The molecule has 2 rings (SSSR count). The predicted molar refractivity (Wildman–Crippen MR) is 67.6 cm³/mol. The van der Waals surface area contributed by atoms with Gasteiger partial charge in [-0.05, 0) is 18.2 Å². The van der Waals surface area contributed by atoms with Gasteiger partial charge in [-0.25, -0.2) is 14.4 Å². The Bertz CT molecular complexity index is 634. The van der Waals surface area contributed by atoms with Crippen LogP contribution < -0.4 is 10.6 Å². The number of nitro groups is 1. The van der Waals surface area contributed by atoms with Gasteiger partial charge in [0.15, 0.2) is 0 Å². The van der Waals surface area contributed by atoms with Crippen molar-refractivity contribution in [2.45, 2.75) is 0 Å². The number of rotatable bonds is 3. The van der Waals surface area contributed by atoms with E-state index in [1.54, 1.807) is 6.07 Å².